The standard InChI is InChI=1S/C16H18/c1-5-12-10-13-8-7-9-16(3,4)11-15(13)14(12)6-2/h5-9,11H,1-2,10H2,3-4H3. The molecule has 0 bridgehead atoms. The van der Waals surface area contributed by atoms with E-state index in [1.54, 1.807) is 0 Å². The second kappa shape index (κ2) is 3.79. The predicted molar refractivity (Wildman–Crippen MR) is 71.1 cm³/mol. The summed E-state index contributed by atoms with van der Waals surface area (Å²) in [6, 6.07) is 0. The molecule has 0 nitrogen and oxygen atoms in total. The van der Waals surface area contributed by atoms with Gasteiger partial charge in [-0.15, -0.1) is 0 Å². The summed E-state index contributed by atoms with van der Waals surface area (Å²) in [4.78, 5) is 0. The average molecular weight is 210 g/mol. The Kier molecular flexibility index (Phi) is 2.59. The van der Waals surface area contributed by atoms with Crippen molar-refractivity contribution in [1.29, 1.82) is 0 Å². The van der Waals surface area contributed by atoms with E-state index < -0.39 is 0 Å². The lowest BCUT2D eigenvalue weighted by Gasteiger charge is -2.15. The molecule has 2 rings (SSSR count). The largest absolute Gasteiger partial charge is 0.0988 e. The first-order valence-corrected chi connectivity index (χ1v) is 5.67. The smallest absolute Gasteiger partial charge is 0.00168 e. The van der Waals surface area contributed by atoms with E-state index in [0.29, 0.717) is 0 Å². The fourth-order valence-corrected chi connectivity index (χ4v) is 2.32. The van der Waals surface area contributed by atoms with E-state index >= 15 is 0 Å². The topological polar surface area (TPSA) is 0 Å². The van der Waals surface area contributed by atoms with E-state index in [2.05, 4.69) is 51.3 Å². The van der Waals surface area contributed by atoms with E-state index in [9.17, 15) is 0 Å². The maximum absolute atomic E-state index is 3.92. The van der Waals surface area contributed by atoms with Crippen LogP contribution in [-0.2, 0) is 0 Å². The molecule has 0 saturated heterocycles. The second-order valence-corrected chi connectivity index (χ2v) is 4.95. The Labute approximate surface area is 98.1 Å². The summed E-state index contributed by atoms with van der Waals surface area (Å²) >= 11 is 0. The van der Waals surface area contributed by atoms with Gasteiger partial charge in [-0.05, 0) is 28.7 Å². The van der Waals surface area contributed by atoms with Gasteiger partial charge in [0.2, 0.25) is 0 Å². The molecule has 0 aromatic heterocycles. The summed E-state index contributed by atoms with van der Waals surface area (Å²) in [5.74, 6) is 0. The summed E-state index contributed by atoms with van der Waals surface area (Å²) in [6.07, 6.45) is 13.8. The van der Waals surface area contributed by atoms with Crippen molar-refractivity contribution in [3.63, 3.8) is 0 Å². The highest BCUT2D eigenvalue weighted by Gasteiger charge is 2.24. The summed E-state index contributed by atoms with van der Waals surface area (Å²) in [7, 11) is 0. The van der Waals surface area contributed by atoms with Crippen molar-refractivity contribution in [1.82, 2.24) is 0 Å². The Morgan fingerprint density at radius 1 is 1.25 bits per heavy atom. The van der Waals surface area contributed by atoms with Crippen LogP contribution in [0.25, 0.3) is 0 Å². The van der Waals surface area contributed by atoms with Gasteiger partial charge in [0.1, 0.15) is 0 Å². The number of rotatable bonds is 2. The maximum atomic E-state index is 3.92. The van der Waals surface area contributed by atoms with Gasteiger partial charge in [-0.25, -0.2) is 0 Å². The van der Waals surface area contributed by atoms with Crippen molar-refractivity contribution in [2.75, 3.05) is 0 Å². The highest BCUT2D eigenvalue weighted by molar-refractivity contribution is 5.64. The first kappa shape index (κ1) is 10.9. The molecule has 0 N–H and O–H groups in total. The molecule has 16 heavy (non-hydrogen) atoms. The zero-order valence-electron chi connectivity index (χ0n) is 10.1. The van der Waals surface area contributed by atoms with Gasteiger partial charge in [0, 0.05) is 5.41 Å². The highest BCUT2D eigenvalue weighted by Crippen LogP contribution is 2.41. The van der Waals surface area contributed by atoms with Crippen molar-refractivity contribution in [2.24, 2.45) is 5.41 Å². The molecule has 0 heteroatoms. The van der Waals surface area contributed by atoms with Crippen molar-refractivity contribution in [3.05, 3.63) is 71.9 Å². The number of hydrogen-bond acceptors (Lipinski definition) is 0. The lowest BCUT2D eigenvalue weighted by atomic mass is 9.89. The van der Waals surface area contributed by atoms with Gasteiger partial charge in [0.05, 0.1) is 0 Å². The van der Waals surface area contributed by atoms with Crippen LogP contribution in [-0.4, -0.2) is 0 Å². The molecule has 0 saturated carbocycles. The molecule has 0 amide bonds. The molecular weight excluding hydrogens is 192 g/mol. The maximum Gasteiger partial charge on any atom is 0.00168 e. The molecule has 2 aliphatic carbocycles. The molecule has 0 aromatic rings. The Morgan fingerprint density at radius 2 is 2.00 bits per heavy atom. The summed E-state index contributed by atoms with van der Waals surface area (Å²) in [6.45, 7) is 12.2. The normalized spacial score (nSPS) is 22.1. The molecule has 2 aliphatic rings. The van der Waals surface area contributed by atoms with Crippen LogP contribution >= 0.6 is 0 Å². The summed E-state index contributed by atoms with van der Waals surface area (Å²) in [5.41, 5.74) is 5.36. The Hall–Kier alpha value is -1.56. The third-order valence-electron chi connectivity index (χ3n) is 3.15. The lowest BCUT2D eigenvalue weighted by molar-refractivity contribution is 0.624. The van der Waals surface area contributed by atoms with Crippen LogP contribution < -0.4 is 0 Å². The Morgan fingerprint density at radius 3 is 2.62 bits per heavy atom. The van der Waals surface area contributed by atoms with Gasteiger partial charge in [0.25, 0.3) is 0 Å². The third kappa shape index (κ3) is 1.76. The minimum atomic E-state index is 0.110. The molecule has 0 aliphatic heterocycles. The third-order valence-corrected chi connectivity index (χ3v) is 3.15. The van der Waals surface area contributed by atoms with Crippen LogP contribution in [0.15, 0.2) is 71.9 Å². The monoisotopic (exact) mass is 210 g/mol. The molecule has 0 unspecified atom stereocenters. The van der Waals surface area contributed by atoms with Gasteiger partial charge >= 0.3 is 0 Å². The highest BCUT2D eigenvalue weighted by atomic mass is 14.3. The molecular formula is C16H18. The van der Waals surface area contributed by atoms with E-state index in [1.165, 1.54) is 22.3 Å². The fraction of sp³-hybridized carbons (Fsp3) is 0.250. The number of fused-ring (bicyclic) bond motifs is 1. The minimum Gasteiger partial charge on any atom is -0.0988 e. The van der Waals surface area contributed by atoms with E-state index in [-0.39, 0.29) is 5.41 Å². The van der Waals surface area contributed by atoms with Crippen LogP contribution in [0.1, 0.15) is 20.3 Å². The molecule has 0 heterocycles. The average Bonchev–Trinajstić information content (AvgIpc) is 2.47. The fourth-order valence-electron chi connectivity index (χ4n) is 2.32. The van der Waals surface area contributed by atoms with E-state index in [1.807, 2.05) is 12.2 Å². The van der Waals surface area contributed by atoms with E-state index in [4.69, 9.17) is 0 Å². The van der Waals surface area contributed by atoms with Gasteiger partial charge in [-0.2, -0.15) is 0 Å². The van der Waals surface area contributed by atoms with Crippen LogP contribution in [0, 0.1) is 5.41 Å². The van der Waals surface area contributed by atoms with Crippen molar-refractivity contribution >= 4 is 0 Å². The number of allylic oxidation sites excluding steroid dienone is 10. The molecule has 0 spiro atoms. The van der Waals surface area contributed by atoms with Crippen molar-refractivity contribution in [2.45, 2.75) is 20.3 Å². The quantitative estimate of drug-likeness (QED) is 0.629. The lowest BCUT2D eigenvalue weighted by Crippen LogP contribution is -2.03. The minimum absolute atomic E-state index is 0.110. The predicted octanol–water partition coefficient (Wildman–Crippen LogP) is 4.51. The molecule has 0 aromatic carbocycles. The first-order chi connectivity index (χ1) is 7.57. The molecule has 0 radical (unpaired) electrons. The van der Waals surface area contributed by atoms with Crippen LogP contribution in [0.3, 0.4) is 0 Å². The molecule has 82 valence electrons. The van der Waals surface area contributed by atoms with Crippen LogP contribution in [0.4, 0.5) is 0 Å². The van der Waals surface area contributed by atoms with Gasteiger partial charge < -0.3 is 0 Å². The Balaban J connectivity index is 2.58. The zero-order valence-corrected chi connectivity index (χ0v) is 10.1. The van der Waals surface area contributed by atoms with Crippen molar-refractivity contribution in [3.8, 4) is 0 Å². The first-order valence-electron chi connectivity index (χ1n) is 5.67. The summed E-state index contributed by atoms with van der Waals surface area (Å²) in [5, 5.41) is 0. The molecule has 0 fully saturated rings. The molecule has 0 atom stereocenters. The Bertz CT molecular complexity index is 462. The van der Waals surface area contributed by atoms with Crippen LogP contribution in [0.2, 0.25) is 0 Å². The van der Waals surface area contributed by atoms with Crippen LogP contribution in [0.5, 0.6) is 0 Å². The second-order valence-electron chi connectivity index (χ2n) is 4.95. The SMILES string of the molecule is C=CC1=C(C=C)C2=CC(C)(C)C=CC=C2C1. The van der Waals surface area contributed by atoms with Crippen molar-refractivity contribution < 1.29 is 0 Å². The van der Waals surface area contributed by atoms with Gasteiger partial charge in [-0.3, -0.25) is 0 Å². The van der Waals surface area contributed by atoms with Gasteiger partial charge in [0.15, 0.2) is 0 Å². The van der Waals surface area contributed by atoms with E-state index in [0.717, 1.165) is 6.42 Å². The van der Waals surface area contributed by atoms with Gasteiger partial charge in [-0.1, -0.05) is 63.5 Å². The number of hydrogen-bond donors (Lipinski definition) is 0. The zero-order chi connectivity index (χ0) is 11.8. The summed E-state index contributed by atoms with van der Waals surface area (Å²) < 4.78 is 0.